The van der Waals surface area contributed by atoms with Crippen LogP contribution in [0.2, 0.25) is 0 Å². The van der Waals surface area contributed by atoms with Gasteiger partial charge in [0.05, 0.1) is 6.26 Å². The first-order valence-electron chi connectivity index (χ1n) is 6.76. The fourth-order valence-electron chi connectivity index (χ4n) is 2.68. The van der Waals surface area contributed by atoms with E-state index in [2.05, 4.69) is 0 Å². The van der Waals surface area contributed by atoms with E-state index >= 15 is 0 Å². The van der Waals surface area contributed by atoms with E-state index in [0.717, 1.165) is 12.8 Å². The van der Waals surface area contributed by atoms with E-state index in [-0.39, 0.29) is 11.5 Å². The van der Waals surface area contributed by atoms with Crippen molar-refractivity contribution in [2.24, 2.45) is 5.92 Å². The second-order valence-electron chi connectivity index (χ2n) is 5.37. The summed E-state index contributed by atoms with van der Waals surface area (Å²) in [6.07, 6.45) is 3.82. The van der Waals surface area contributed by atoms with Crippen LogP contribution in [0.25, 0.3) is 0 Å². The molecule has 0 aliphatic carbocycles. The van der Waals surface area contributed by atoms with Gasteiger partial charge in [-0.25, -0.2) is 21.5 Å². The van der Waals surface area contributed by atoms with Crippen LogP contribution in [0.1, 0.15) is 24.8 Å². The van der Waals surface area contributed by atoms with Gasteiger partial charge in [0.2, 0.25) is 10.0 Å². The van der Waals surface area contributed by atoms with Gasteiger partial charge in [-0.2, -0.15) is 0 Å². The van der Waals surface area contributed by atoms with Crippen molar-refractivity contribution < 1.29 is 17.2 Å². The Hall–Kier alpha value is -1.01. The van der Waals surface area contributed by atoms with Gasteiger partial charge in [0.25, 0.3) is 0 Å². The molecule has 0 aromatic heterocycles. The maximum Gasteiger partial charge on any atom is 0.211 e. The largest absolute Gasteiger partial charge is 0.213 e. The third-order valence-electron chi connectivity index (χ3n) is 3.82. The highest BCUT2D eigenvalue weighted by Gasteiger charge is 2.26. The average Bonchev–Trinajstić information content (AvgIpc) is 2.37. The van der Waals surface area contributed by atoms with Crippen LogP contribution in [0.4, 0.5) is 8.78 Å². The predicted octanol–water partition coefficient (Wildman–Crippen LogP) is 2.57. The van der Waals surface area contributed by atoms with E-state index in [4.69, 9.17) is 0 Å². The quantitative estimate of drug-likeness (QED) is 0.857. The molecule has 1 saturated heterocycles. The number of benzene rings is 1. The fourth-order valence-corrected chi connectivity index (χ4v) is 3.63. The van der Waals surface area contributed by atoms with Crippen LogP contribution in [-0.2, 0) is 16.4 Å². The number of sulfonamides is 1. The summed E-state index contributed by atoms with van der Waals surface area (Å²) in [4.78, 5) is 0. The minimum absolute atomic E-state index is 0.101. The van der Waals surface area contributed by atoms with Crippen molar-refractivity contribution in [3.05, 3.63) is 35.4 Å². The minimum atomic E-state index is -3.17. The molecule has 0 unspecified atom stereocenters. The Balaban J connectivity index is 1.97. The minimum Gasteiger partial charge on any atom is -0.213 e. The Morgan fingerprint density at radius 2 is 1.95 bits per heavy atom. The van der Waals surface area contributed by atoms with Crippen LogP contribution in [0.5, 0.6) is 0 Å². The highest BCUT2D eigenvalue weighted by molar-refractivity contribution is 7.88. The number of halogens is 2. The van der Waals surface area contributed by atoms with Crippen molar-refractivity contribution in [3.63, 3.8) is 0 Å². The molecule has 1 aromatic carbocycles. The summed E-state index contributed by atoms with van der Waals surface area (Å²) < 4.78 is 51.5. The third kappa shape index (κ3) is 3.76. The lowest BCUT2D eigenvalue weighted by molar-refractivity contribution is 0.256. The van der Waals surface area contributed by atoms with E-state index < -0.39 is 21.7 Å². The van der Waals surface area contributed by atoms with Gasteiger partial charge >= 0.3 is 0 Å². The second-order valence-corrected chi connectivity index (χ2v) is 7.35. The lowest BCUT2D eigenvalue weighted by Gasteiger charge is -2.31. The SMILES string of the molecule is CS(=O)(=O)N1CCC[C@H](CCc2c(F)cccc2F)C1. The highest BCUT2D eigenvalue weighted by Crippen LogP contribution is 2.24. The molecular weight excluding hydrogens is 284 g/mol. The molecule has 1 atom stereocenters. The van der Waals surface area contributed by atoms with Crippen molar-refractivity contribution in [2.45, 2.75) is 25.7 Å². The van der Waals surface area contributed by atoms with Crippen LogP contribution in [-0.4, -0.2) is 32.1 Å². The molecular formula is C14H19F2NO2S. The van der Waals surface area contributed by atoms with E-state index in [9.17, 15) is 17.2 Å². The zero-order chi connectivity index (χ0) is 14.8. The summed E-state index contributed by atoms with van der Waals surface area (Å²) >= 11 is 0. The lowest BCUT2D eigenvalue weighted by Crippen LogP contribution is -2.39. The first-order chi connectivity index (χ1) is 9.38. The summed E-state index contributed by atoms with van der Waals surface area (Å²) in [6.45, 7) is 0.998. The summed E-state index contributed by atoms with van der Waals surface area (Å²) in [7, 11) is -3.17. The number of rotatable bonds is 4. The number of piperidine rings is 1. The second kappa shape index (κ2) is 6.18. The molecule has 0 N–H and O–H groups in total. The number of nitrogens with zero attached hydrogens (tertiary/aromatic N) is 1. The summed E-state index contributed by atoms with van der Waals surface area (Å²) in [5.41, 5.74) is 0.101. The molecule has 6 heteroatoms. The molecule has 2 rings (SSSR count). The monoisotopic (exact) mass is 303 g/mol. The molecule has 0 saturated carbocycles. The smallest absolute Gasteiger partial charge is 0.211 e. The zero-order valence-electron chi connectivity index (χ0n) is 11.5. The molecule has 1 aliphatic rings. The maximum absolute atomic E-state index is 13.5. The van der Waals surface area contributed by atoms with Crippen molar-refractivity contribution in [3.8, 4) is 0 Å². The molecule has 20 heavy (non-hydrogen) atoms. The molecule has 3 nitrogen and oxygen atoms in total. The third-order valence-corrected chi connectivity index (χ3v) is 5.08. The van der Waals surface area contributed by atoms with Crippen molar-refractivity contribution in [1.82, 2.24) is 4.31 Å². The van der Waals surface area contributed by atoms with Crippen LogP contribution in [0.3, 0.4) is 0 Å². The van der Waals surface area contributed by atoms with Crippen molar-refractivity contribution in [1.29, 1.82) is 0 Å². The van der Waals surface area contributed by atoms with Gasteiger partial charge in [-0.3, -0.25) is 0 Å². The predicted molar refractivity (Wildman–Crippen MR) is 73.8 cm³/mol. The van der Waals surface area contributed by atoms with Gasteiger partial charge in [-0.1, -0.05) is 6.07 Å². The molecule has 0 bridgehead atoms. The van der Waals surface area contributed by atoms with Gasteiger partial charge in [-0.15, -0.1) is 0 Å². The Labute approximate surface area is 118 Å². The summed E-state index contributed by atoms with van der Waals surface area (Å²) in [5.74, 6) is -0.890. The Morgan fingerprint density at radius 3 is 2.55 bits per heavy atom. The van der Waals surface area contributed by atoms with Gasteiger partial charge in [0.15, 0.2) is 0 Å². The summed E-state index contributed by atoms with van der Waals surface area (Å²) in [6, 6.07) is 3.85. The van der Waals surface area contributed by atoms with Crippen molar-refractivity contribution >= 4 is 10.0 Å². The number of hydrogen-bond acceptors (Lipinski definition) is 2. The molecule has 0 amide bonds. The molecule has 0 spiro atoms. The van der Waals surface area contributed by atoms with Crippen LogP contribution in [0.15, 0.2) is 18.2 Å². The lowest BCUT2D eigenvalue weighted by atomic mass is 9.92. The van der Waals surface area contributed by atoms with Crippen LogP contribution in [0, 0.1) is 17.6 Å². The highest BCUT2D eigenvalue weighted by atomic mass is 32.2. The normalized spacial score (nSPS) is 21.1. The van der Waals surface area contributed by atoms with Gasteiger partial charge in [-0.05, 0) is 43.7 Å². The maximum atomic E-state index is 13.5. The molecule has 1 heterocycles. The zero-order valence-corrected chi connectivity index (χ0v) is 12.3. The Kier molecular flexibility index (Phi) is 4.75. The molecule has 1 aromatic rings. The number of hydrogen-bond donors (Lipinski definition) is 0. The van der Waals surface area contributed by atoms with Crippen LogP contribution < -0.4 is 0 Å². The van der Waals surface area contributed by atoms with E-state index in [1.54, 1.807) is 0 Å². The topological polar surface area (TPSA) is 37.4 Å². The van der Waals surface area contributed by atoms with Gasteiger partial charge in [0, 0.05) is 18.7 Å². The molecule has 1 fully saturated rings. The summed E-state index contributed by atoms with van der Waals surface area (Å²) in [5, 5.41) is 0. The van der Waals surface area contributed by atoms with E-state index in [1.165, 1.54) is 28.8 Å². The fraction of sp³-hybridized carbons (Fsp3) is 0.571. The average molecular weight is 303 g/mol. The molecule has 112 valence electrons. The Bertz CT molecular complexity index is 554. The molecule has 1 aliphatic heterocycles. The van der Waals surface area contributed by atoms with Crippen molar-refractivity contribution in [2.75, 3.05) is 19.3 Å². The van der Waals surface area contributed by atoms with E-state index in [0.29, 0.717) is 25.9 Å². The first kappa shape index (κ1) is 15.4. The van der Waals surface area contributed by atoms with E-state index in [1.807, 2.05) is 0 Å². The van der Waals surface area contributed by atoms with Gasteiger partial charge < -0.3 is 0 Å². The van der Waals surface area contributed by atoms with Crippen LogP contribution >= 0.6 is 0 Å². The van der Waals surface area contributed by atoms with Gasteiger partial charge in [0.1, 0.15) is 11.6 Å². The standard InChI is InChI=1S/C14H19F2NO2S/c1-20(18,19)17-9-3-4-11(10-17)7-8-12-13(15)5-2-6-14(12)16/h2,5-6,11H,3-4,7-10H2,1H3/t11-/m1/s1. The Morgan fingerprint density at radius 1 is 1.30 bits per heavy atom. The first-order valence-corrected chi connectivity index (χ1v) is 8.61. The molecule has 0 radical (unpaired) electrons.